The molecular weight excluding hydrogens is 661 g/mol. The summed E-state index contributed by atoms with van der Waals surface area (Å²) in [5, 5.41) is -0.447. The number of fused-ring (bicyclic) bond motifs is 4. The first-order chi connectivity index (χ1) is 21.7. The number of nitrogens with zero attached hydrogens (tertiary/aromatic N) is 6. The topological polar surface area (TPSA) is 177 Å². The van der Waals surface area contributed by atoms with Gasteiger partial charge >= 0.3 is 0 Å². The summed E-state index contributed by atoms with van der Waals surface area (Å²) in [6.07, 6.45) is -9.99. The number of aryl methyl sites for hydroxylation is 1. The van der Waals surface area contributed by atoms with Crippen LogP contribution in [0.3, 0.4) is 0 Å². The zero-order valence-electron chi connectivity index (χ0n) is 23.5. The normalized spacial score (nSPS) is 38.2. The third kappa shape index (κ3) is 5.36. The van der Waals surface area contributed by atoms with Crippen LogP contribution in [0, 0.1) is 5.82 Å². The molecule has 23 heteroatoms. The van der Waals surface area contributed by atoms with Crippen LogP contribution in [0.2, 0.25) is 0 Å². The van der Waals surface area contributed by atoms with E-state index >= 15 is 8.78 Å². The van der Waals surface area contributed by atoms with Crippen LogP contribution in [-0.2, 0) is 43.7 Å². The Balaban J connectivity index is 1.17. The average molecular weight is 682 g/mol. The van der Waals surface area contributed by atoms with E-state index < -0.39 is 99.9 Å². The number of carbonyl (C=O) groups excluding carboxylic acids is 1. The summed E-state index contributed by atoms with van der Waals surface area (Å²) in [5.74, 6) is -1.43. The Kier molecular flexibility index (Phi) is 7.84. The van der Waals surface area contributed by atoms with Crippen LogP contribution in [0.25, 0.3) is 11.0 Å². The lowest BCUT2D eigenvalue weighted by Gasteiger charge is -2.29. The lowest BCUT2D eigenvalue weighted by Crippen LogP contribution is -2.37. The van der Waals surface area contributed by atoms with Crippen LogP contribution in [0.5, 0.6) is 0 Å². The minimum Gasteiger partial charge on any atom is -0.346 e. The van der Waals surface area contributed by atoms with Gasteiger partial charge in [-0.05, 0) is 0 Å². The summed E-state index contributed by atoms with van der Waals surface area (Å²) in [6.45, 7) is -1.77. The van der Waals surface area contributed by atoms with Crippen molar-refractivity contribution in [3.05, 3.63) is 46.4 Å². The number of alkyl halides is 2. The number of aliphatic imine (C=N–C) groups is 1. The molecule has 240 valence electrons. The van der Waals surface area contributed by atoms with E-state index in [1.807, 2.05) is 0 Å². The average Bonchev–Trinajstić information content (AvgIpc) is 3.73. The highest BCUT2D eigenvalue weighted by molar-refractivity contribution is 7.79. The van der Waals surface area contributed by atoms with Gasteiger partial charge in [0.1, 0.15) is 42.0 Å². The van der Waals surface area contributed by atoms with Gasteiger partial charge in [0.25, 0.3) is 20.5 Å². The van der Waals surface area contributed by atoms with Crippen molar-refractivity contribution in [2.75, 3.05) is 19.8 Å². The Morgan fingerprint density at radius 2 is 1.50 bits per heavy atom. The second kappa shape index (κ2) is 11.4. The Morgan fingerprint density at radius 3 is 2.11 bits per heavy atom. The fourth-order valence-electron chi connectivity index (χ4n) is 5.69. The minimum atomic E-state index is -4.70. The molecule has 4 aliphatic heterocycles. The molecular formula is C23H21B2F3N6O10P2. The predicted molar refractivity (Wildman–Crippen MR) is 150 cm³/mol. The molecule has 7 heterocycles. The van der Waals surface area contributed by atoms with Crippen LogP contribution in [-0.4, -0.2) is 107 Å². The third-order valence-corrected chi connectivity index (χ3v) is 9.94. The zero-order chi connectivity index (χ0) is 32.7. The summed E-state index contributed by atoms with van der Waals surface area (Å²) in [6, 6.07) is 0. The third-order valence-electron chi connectivity index (χ3n) is 7.85. The van der Waals surface area contributed by atoms with Crippen molar-refractivity contribution in [2.24, 2.45) is 12.0 Å². The van der Waals surface area contributed by atoms with Crippen LogP contribution in [0.4, 0.5) is 13.2 Å². The molecule has 7 rings (SSSR count). The number of hydrogen-bond acceptors (Lipinski definition) is 13. The van der Waals surface area contributed by atoms with E-state index in [2.05, 4.69) is 15.0 Å². The largest absolute Gasteiger partial charge is 0.346 e. The number of Topliss-reactive ketones (excluding diaryl/α,β-unsaturated/α-hetero) is 1. The molecule has 0 N–H and O–H groups in total. The summed E-state index contributed by atoms with van der Waals surface area (Å²) < 4.78 is 109. The van der Waals surface area contributed by atoms with E-state index in [1.165, 1.54) is 17.8 Å². The monoisotopic (exact) mass is 682 g/mol. The fraction of sp³-hybridized carbons (Fsp3) is 0.522. The summed E-state index contributed by atoms with van der Waals surface area (Å²) >= 11 is 0. The lowest BCUT2D eigenvalue weighted by atomic mass is 10.1. The summed E-state index contributed by atoms with van der Waals surface area (Å²) in [4.78, 5) is 36.5. The van der Waals surface area contributed by atoms with Gasteiger partial charge in [-0.1, -0.05) is 0 Å². The standard InChI is InChI=1S/C23H21B2F3N6O10P2/c1-32-7-31-20-14(21(32)36)9(26)4-33(20)22-15(27)18-12(41-22)5-39-46(25,38)44-19-13(6-40-45(24,37)43-18)42-23(16(19)28)34-8-30-17-10(34)2-29-3-11(17)35/h2,4,7-8,12-13,15-16,18-19,22-23H,3,5-6H2,1H3/t12-,13-,15?,16+,18+,19?,22-,23-,45?,46?/m1/s1. The molecule has 0 spiro atoms. The molecule has 0 aromatic carbocycles. The number of hydrogen-bond donors (Lipinski definition) is 0. The molecule has 16 nitrogen and oxygen atoms in total. The van der Waals surface area contributed by atoms with Gasteiger partial charge in [0.05, 0.1) is 31.6 Å². The van der Waals surface area contributed by atoms with E-state index in [0.29, 0.717) is 0 Å². The van der Waals surface area contributed by atoms with Gasteiger partial charge in [0.2, 0.25) is 20.9 Å². The summed E-state index contributed by atoms with van der Waals surface area (Å²) in [7, 11) is 3.53. The van der Waals surface area contributed by atoms with E-state index in [-0.39, 0.29) is 23.6 Å². The zero-order valence-corrected chi connectivity index (χ0v) is 25.3. The summed E-state index contributed by atoms with van der Waals surface area (Å²) in [5.41, 5.74) is -0.852. The quantitative estimate of drug-likeness (QED) is 0.280. The number of aromatic nitrogens is 5. The van der Waals surface area contributed by atoms with E-state index in [9.17, 15) is 23.1 Å². The molecule has 3 aromatic heterocycles. The minimum absolute atomic E-state index is 0.0288. The van der Waals surface area contributed by atoms with Crippen molar-refractivity contribution >= 4 is 53.1 Å². The molecule has 3 saturated heterocycles. The van der Waals surface area contributed by atoms with Crippen LogP contribution >= 0.6 is 14.9 Å². The highest BCUT2D eigenvalue weighted by Gasteiger charge is 2.54. The fourth-order valence-corrected chi connectivity index (χ4v) is 7.71. The number of rotatable bonds is 2. The van der Waals surface area contributed by atoms with Gasteiger partial charge in [-0.25, -0.2) is 23.1 Å². The molecule has 0 bridgehead atoms. The number of ketones is 1. The Labute approximate surface area is 259 Å². The van der Waals surface area contributed by atoms with E-state index in [1.54, 1.807) is 0 Å². The first-order valence-electron chi connectivity index (χ1n) is 13.6. The number of imidazole rings is 1. The Morgan fingerprint density at radius 1 is 0.913 bits per heavy atom. The van der Waals surface area contributed by atoms with Crippen molar-refractivity contribution in [1.29, 1.82) is 0 Å². The van der Waals surface area contributed by atoms with E-state index in [0.717, 1.165) is 28.0 Å². The van der Waals surface area contributed by atoms with Crippen molar-refractivity contribution in [3.63, 3.8) is 0 Å². The predicted octanol–water partition coefficient (Wildman–Crippen LogP) is 1.23. The van der Waals surface area contributed by atoms with Gasteiger partial charge in [-0.15, -0.1) is 0 Å². The van der Waals surface area contributed by atoms with Crippen LogP contribution in [0.15, 0.2) is 28.6 Å². The smallest absolute Gasteiger partial charge is 0.265 e. The second-order valence-corrected chi connectivity index (χ2v) is 13.9. The molecule has 0 saturated carbocycles. The maximum atomic E-state index is 16.0. The molecule has 4 aliphatic rings. The van der Waals surface area contributed by atoms with Gasteiger partial charge in [0.15, 0.2) is 36.3 Å². The van der Waals surface area contributed by atoms with Crippen molar-refractivity contribution in [1.82, 2.24) is 23.7 Å². The highest BCUT2D eigenvalue weighted by atomic mass is 31.2. The van der Waals surface area contributed by atoms with Gasteiger partial charge in [0, 0.05) is 19.5 Å². The van der Waals surface area contributed by atoms with Crippen molar-refractivity contribution in [2.45, 2.75) is 49.2 Å². The number of halogens is 3. The Bertz CT molecular complexity index is 1930. The Hall–Kier alpha value is -2.89. The van der Waals surface area contributed by atoms with E-state index in [4.69, 9.17) is 42.7 Å². The lowest BCUT2D eigenvalue weighted by molar-refractivity contribution is -0.0554. The number of ether oxygens (including phenoxy) is 2. The van der Waals surface area contributed by atoms with Crippen LogP contribution < -0.4 is 5.56 Å². The maximum absolute atomic E-state index is 16.0. The molecule has 3 aromatic rings. The molecule has 0 aliphatic carbocycles. The molecule has 0 amide bonds. The first kappa shape index (κ1) is 31.7. The van der Waals surface area contributed by atoms with Gasteiger partial charge in [-0.3, -0.25) is 32.8 Å². The first-order valence-corrected chi connectivity index (χ1v) is 16.8. The van der Waals surface area contributed by atoms with Gasteiger partial charge in [-0.2, -0.15) is 0 Å². The molecule has 10 atom stereocenters. The number of carbonyl (C=O) groups is 1. The molecule has 3 fully saturated rings. The maximum Gasteiger partial charge on any atom is 0.265 e. The molecule has 4 radical (unpaired) electrons. The SMILES string of the molecule is [B]P1(=O)OC[C@H]2O[C@@H](n3cc(F)c4c(=O)n(C)cnc43)C(F)[C@H]2OP([B])(=O)OC[C@H]2O[C@@H](n3cnc4c3C=NCC4=O)[C@@H](F)C2O1. The van der Waals surface area contributed by atoms with Gasteiger partial charge < -0.3 is 32.1 Å². The molecule has 46 heavy (non-hydrogen) atoms. The highest BCUT2D eigenvalue weighted by Crippen LogP contribution is 2.54. The molecule has 4 unspecified atom stereocenters. The second-order valence-electron chi connectivity index (χ2n) is 10.9. The van der Waals surface area contributed by atoms with Crippen LogP contribution in [0.1, 0.15) is 28.6 Å². The van der Waals surface area contributed by atoms with Crippen molar-refractivity contribution < 1.29 is 54.7 Å². The van der Waals surface area contributed by atoms with Crippen molar-refractivity contribution in [3.8, 4) is 0 Å².